The second-order valence-corrected chi connectivity index (χ2v) is 33.0. The Kier molecular flexibility index (Phi) is 66.8. The van der Waals surface area contributed by atoms with E-state index in [0.29, 0.717) is 25.7 Å². The minimum Gasteiger partial charge on any atom is -0.462 e. The third-order valence-corrected chi connectivity index (χ3v) is 20.6. The van der Waals surface area contributed by atoms with Crippen LogP contribution in [0.5, 0.6) is 0 Å². The lowest BCUT2D eigenvalue weighted by Gasteiger charge is -2.21. The molecule has 0 aromatic rings. The first kappa shape index (κ1) is 96.1. The van der Waals surface area contributed by atoms with Crippen molar-refractivity contribution in [1.29, 1.82) is 0 Å². The summed E-state index contributed by atoms with van der Waals surface area (Å²) >= 11 is 0. The first-order valence-corrected chi connectivity index (χ1v) is 43.7. The van der Waals surface area contributed by atoms with Crippen LogP contribution in [0.4, 0.5) is 0 Å². The number of aliphatic hydroxyl groups is 1. The Balaban J connectivity index is 5.23. The molecule has 0 aromatic heterocycles. The van der Waals surface area contributed by atoms with Crippen LogP contribution >= 0.6 is 15.6 Å². The van der Waals surface area contributed by atoms with Gasteiger partial charge < -0.3 is 33.8 Å². The Morgan fingerprint density at radius 2 is 0.490 bits per heavy atom. The highest BCUT2D eigenvalue weighted by Crippen LogP contribution is 2.45. The molecule has 3 unspecified atom stereocenters. The molecule has 0 aliphatic heterocycles. The van der Waals surface area contributed by atoms with Crippen molar-refractivity contribution in [2.24, 2.45) is 23.7 Å². The van der Waals surface area contributed by atoms with Crippen LogP contribution < -0.4 is 0 Å². The fourth-order valence-corrected chi connectivity index (χ4v) is 13.6. The van der Waals surface area contributed by atoms with Crippen LogP contribution in [0.25, 0.3) is 0 Å². The second-order valence-electron chi connectivity index (χ2n) is 30.1. The molecule has 6 atom stereocenters. The van der Waals surface area contributed by atoms with Crippen molar-refractivity contribution in [2.45, 2.75) is 420 Å². The Labute approximate surface area is 600 Å². The minimum atomic E-state index is -4.96. The highest BCUT2D eigenvalue weighted by Gasteiger charge is 2.30. The third-order valence-electron chi connectivity index (χ3n) is 18.7. The van der Waals surface area contributed by atoms with E-state index in [0.717, 1.165) is 120 Å². The standard InChI is InChI=1S/C79H154O17P2/c1-9-72(8)58-50-42-37-38-44-52-60-77(82)90-66-75(96-78(83)61-53-45-35-29-23-15-13-11-10-12-14-19-25-31-39-47-55-69(2)3)68-94-98(87,88)92-64-73(80)63-91-97(85,86)93-67-74(95-79(84)62-54-46-36-30-24-18-21-27-33-41-49-57-71(6)7)65-89-76(81)59-51-43-34-28-22-17-16-20-26-32-40-48-56-70(4)5/h69-75,80H,9-68H2,1-8H3,(H,85,86)(H,87,88)/t72?,73-,74-,75-/m1/s1. The lowest BCUT2D eigenvalue weighted by atomic mass is 10.00. The van der Waals surface area contributed by atoms with Gasteiger partial charge in [-0.25, -0.2) is 9.13 Å². The van der Waals surface area contributed by atoms with Crippen molar-refractivity contribution in [2.75, 3.05) is 39.6 Å². The SMILES string of the molecule is CCC(C)CCCCCCCCC(=O)OC[C@H](COP(=O)(O)OC[C@H](O)COP(=O)(O)OC[C@@H](COC(=O)CCCCCCCCCCCCCCC(C)C)OC(=O)CCCCCCCCCCCCCC(C)C)OC(=O)CCCCCCCCCCCCCCCCCCC(C)C. The molecule has 0 heterocycles. The summed E-state index contributed by atoms with van der Waals surface area (Å²) in [6.07, 6.45) is 54.1. The summed E-state index contributed by atoms with van der Waals surface area (Å²) in [6.45, 7) is 14.2. The fourth-order valence-electron chi connectivity index (χ4n) is 12.0. The molecule has 0 amide bonds. The van der Waals surface area contributed by atoms with Crippen molar-refractivity contribution in [1.82, 2.24) is 0 Å². The molecule has 0 aromatic carbocycles. The highest BCUT2D eigenvalue weighted by molar-refractivity contribution is 7.47. The molecule has 582 valence electrons. The molecular weight excluding hydrogens is 1280 g/mol. The maximum Gasteiger partial charge on any atom is 0.472 e. The molecule has 0 radical (unpaired) electrons. The van der Waals surface area contributed by atoms with Gasteiger partial charge in [-0.2, -0.15) is 0 Å². The Morgan fingerprint density at radius 3 is 0.724 bits per heavy atom. The van der Waals surface area contributed by atoms with E-state index in [4.69, 9.17) is 37.0 Å². The van der Waals surface area contributed by atoms with E-state index in [9.17, 15) is 43.2 Å². The van der Waals surface area contributed by atoms with Crippen molar-refractivity contribution in [3.63, 3.8) is 0 Å². The molecule has 0 aliphatic rings. The number of unbranched alkanes of at least 4 members (excludes halogenated alkanes) is 41. The van der Waals surface area contributed by atoms with Crippen molar-refractivity contribution >= 4 is 39.5 Å². The molecule has 0 rings (SSSR count). The van der Waals surface area contributed by atoms with E-state index >= 15 is 0 Å². The van der Waals surface area contributed by atoms with Crippen LogP contribution in [0, 0.1) is 23.7 Å². The molecule has 0 bridgehead atoms. The number of phosphoric acid groups is 2. The molecule has 3 N–H and O–H groups in total. The Bertz CT molecular complexity index is 1920. The summed E-state index contributed by atoms with van der Waals surface area (Å²) in [4.78, 5) is 72.9. The van der Waals surface area contributed by atoms with Crippen molar-refractivity contribution < 1.29 is 80.2 Å². The van der Waals surface area contributed by atoms with Crippen LogP contribution in [-0.2, 0) is 65.4 Å². The summed E-state index contributed by atoms with van der Waals surface area (Å²) in [5.41, 5.74) is 0. The number of hydrogen-bond donors (Lipinski definition) is 3. The lowest BCUT2D eigenvalue weighted by Crippen LogP contribution is -2.30. The van der Waals surface area contributed by atoms with Gasteiger partial charge in [-0.3, -0.25) is 37.3 Å². The molecule has 17 nitrogen and oxygen atoms in total. The van der Waals surface area contributed by atoms with Gasteiger partial charge in [-0.1, -0.05) is 351 Å². The highest BCUT2D eigenvalue weighted by atomic mass is 31.2. The number of carbonyl (C=O) groups excluding carboxylic acids is 4. The predicted molar refractivity (Wildman–Crippen MR) is 400 cm³/mol. The van der Waals surface area contributed by atoms with Crippen LogP contribution in [0.3, 0.4) is 0 Å². The molecule has 0 saturated carbocycles. The first-order chi connectivity index (χ1) is 47.1. The van der Waals surface area contributed by atoms with Gasteiger partial charge in [0.2, 0.25) is 0 Å². The molecule has 0 aliphatic carbocycles. The Hall–Kier alpha value is -1.94. The molecule has 19 heteroatoms. The summed E-state index contributed by atoms with van der Waals surface area (Å²) in [5.74, 6) is 0.970. The Morgan fingerprint density at radius 1 is 0.286 bits per heavy atom. The van der Waals surface area contributed by atoms with Crippen LogP contribution in [0.1, 0.15) is 402 Å². The van der Waals surface area contributed by atoms with E-state index in [2.05, 4.69) is 55.4 Å². The first-order valence-electron chi connectivity index (χ1n) is 40.7. The van der Waals surface area contributed by atoms with E-state index < -0.39 is 97.5 Å². The van der Waals surface area contributed by atoms with Gasteiger partial charge >= 0.3 is 39.5 Å². The van der Waals surface area contributed by atoms with Gasteiger partial charge in [0.05, 0.1) is 26.4 Å². The largest absolute Gasteiger partial charge is 0.472 e. The van der Waals surface area contributed by atoms with Gasteiger partial charge in [0, 0.05) is 25.7 Å². The summed E-state index contributed by atoms with van der Waals surface area (Å²) in [5, 5.41) is 10.6. The van der Waals surface area contributed by atoms with E-state index in [1.165, 1.54) is 199 Å². The monoisotopic (exact) mass is 1440 g/mol. The zero-order chi connectivity index (χ0) is 72.4. The van der Waals surface area contributed by atoms with Gasteiger partial charge in [0.25, 0.3) is 0 Å². The van der Waals surface area contributed by atoms with E-state index in [1.54, 1.807) is 0 Å². The number of carbonyl (C=O) groups is 4. The minimum absolute atomic E-state index is 0.106. The maximum absolute atomic E-state index is 13.1. The quantitative estimate of drug-likeness (QED) is 0.0222. The maximum atomic E-state index is 13.1. The number of aliphatic hydroxyl groups excluding tert-OH is 1. The zero-order valence-electron chi connectivity index (χ0n) is 64.4. The lowest BCUT2D eigenvalue weighted by molar-refractivity contribution is -0.161. The second kappa shape index (κ2) is 68.2. The summed E-state index contributed by atoms with van der Waals surface area (Å²) in [7, 11) is -9.92. The zero-order valence-corrected chi connectivity index (χ0v) is 66.2. The number of phosphoric ester groups is 2. The molecular formula is C79H154O17P2. The van der Waals surface area contributed by atoms with Crippen LogP contribution in [0.15, 0.2) is 0 Å². The van der Waals surface area contributed by atoms with Gasteiger partial charge in [-0.15, -0.1) is 0 Å². The summed E-state index contributed by atoms with van der Waals surface area (Å²) < 4.78 is 68.6. The van der Waals surface area contributed by atoms with E-state index in [-0.39, 0.29) is 25.7 Å². The van der Waals surface area contributed by atoms with Gasteiger partial charge in [0.1, 0.15) is 19.3 Å². The smallest absolute Gasteiger partial charge is 0.462 e. The third kappa shape index (κ3) is 71.1. The average Bonchev–Trinajstić information content (AvgIpc) is 0.993. The number of rotatable bonds is 76. The normalized spacial score (nSPS) is 14.3. The van der Waals surface area contributed by atoms with Crippen LogP contribution in [0.2, 0.25) is 0 Å². The van der Waals surface area contributed by atoms with Crippen molar-refractivity contribution in [3.8, 4) is 0 Å². The number of hydrogen-bond acceptors (Lipinski definition) is 15. The average molecular weight is 1440 g/mol. The topological polar surface area (TPSA) is 237 Å². The number of ether oxygens (including phenoxy) is 4. The fraction of sp³-hybridized carbons (Fsp3) is 0.949. The molecule has 0 spiro atoms. The van der Waals surface area contributed by atoms with Gasteiger partial charge in [-0.05, 0) is 49.4 Å². The summed E-state index contributed by atoms with van der Waals surface area (Å²) in [6, 6.07) is 0. The van der Waals surface area contributed by atoms with Crippen molar-refractivity contribution in [3.05, 3.63) is 0 Å². The predicted octanol–water partition coefficient (Wildman–Crippen LogP) is 23.2. The molecule has 98 heavy (non-hydrogen) atoms. The van der Waals surface area contributed by atoms with Crippen LogP contribution in [-0.4, -0.2) is 96.7 Å². The molecule has 0 fully saturated rings. The number of esters is 4. The van der Waals surface area contributed by atoms with Gasteiger partial charge in [0.15, 0.2) is 12.2 Å². The van der Waals surface area contributed by atoms with E-state index in [1.807, 2.05) is 0 Å². The molecule has 0 saturated heterocycles.